The van der Waals surface area contributed by atoms with E-state index in [-0.39, 0.29) is 0 Å². The Morgan fingerprint density at radius 1 is 0.467 bits per heavy atom. The van der Waals surface area contributed by atoms with Gasteiger partial charge in [0.05, 0.1) is 32.0 Å². The first-order chi connectivity index (χ1) is 28.2. The van der Waals surface area contributed by atoms with E-state index in [4.69, 9.17) is 42.6 Å². The Balaban J connectivity index is 1.49. The first-order valence-corrected chi connectivity index (χ1v) is 19.3. The standard InChI is InChI=1S/C34H58N2O24/c1-8-17(41)22(46)25(49)32(53-8)59-28-16(36-11(4)40)31(52-7-14-20(44)21(45)15(30(51)55-14)35-10(3)39)57-13(6-38)27(28)58-34-29(24(48)19(43)12(5-37)56-34)60-33-26(50)23(47)18(42)9(2)54-33/h8-9,12-34,37-38,41-51H,5-7H2,1-4H3,(H,35,39)(H,36,40)/t8?,9?,12?,13?,14?,15?,16?,17?,18-,19?,20?,21-,22-,23?,24+,25?,26+,27?,28-,29?,30+,31+,32+,33?,34+/m1/s1. The molecule has 5 saturated heterocycles. The molecule has 0 saturated carbocycles. The number of ether oxygens (including phenoxy) is 9. The number of nitrogens with one attached hydrogen (secondary N) is 2. The fourth-order valence-corrected chi connectivity index (χ4v) is 7.60. The monoisotopic (exact) mass is 878 g/mol. The van der Waals surface area contributed by atoms with Gasteiger partial charge in [0.2, 0.25) is 11.8 Å². The summed E-state index contributed by atoms with van der Waals surface area (Å²) in [6.45, 7) is 2.27. The molecule has 0 bridgehead atoms. The van der Waals surface area contributed by atoms with Crippen molar-refractivity contribution in [2.24, 2.45) is 0 Å². The third-order valence-electron chi connectivity index (χ3n) is 11.0. The van der Waals surface area contributed by atoms with Gasteiger partial charge in [-0.15, -0.1) is 0 Å². The molecule has 2 amide bonds. The molecule has 0 aromatic carbocycles. The second kappa shape index (κ2) is 20.7. The Bertz CT molecular complexity index is 1410. The Morgan fingerprint density at radius 3 is 1.45 bits per heavy atom. The average Bonchev–Trinajstić information content (AvgIpc) is 3.20. The highest BCUT2D eigenvalue weighted by Crippen LogP contribution is 2.36. The molecule has 25 atom stereocenters. The molecule has 5 heterocycles. The molecule has 348 valence electrons. The number of carbonyl (C=O) groups is 2. The molecule has 0 aromatic heterocycles. The van der Waals surface area contributed by atoms with Gasteiger partial charge >= 0.3 is 0 Å². The van der Waals surface area contributed by atoms with Crippen LogP contribution in [-0.4, -0.2) is 251 Å². The van der Waals surface area contributed by atoms with Crippen molar-refractivity contribution in [2.75, 3.05) is 19.8 Å². The molecule has 15 N–H and O–H groups in total. The zero-order valence-electron chi connectivity index (χ0n) is 32.9. The summed E-state index contributed by atoms with van der Waals surface area (Å²) >= 11 is 0. The Labute approximate surface area is 342 Å². The van der Waals surface area contributed by atoms with E-state index in [0.717, 1.165) is 13.8 Å². The van der Waals surface area contributed by atoms with E-state index in [1.54, 1.807) is 0 Å². The lowest BCUT2D eigenvalue weighted by molar-refractivity contribution is -0.393. The number of aliphatic hydroxyl groups is 13. The van der Waals surface area contributed by atoms with Crippen LogP contribution in [0.4, 0.5) is 0 Å². The summed E-state index contributed by atoms with van der Waals surface area (Å²) in [5.41, 5.74) is 0. The molecule has 0 aliphatic carbocycles. The molecule has 5 aliphatic heterocycles. The van der Waals surface area contributed by atoms with Crippen LogP contribution in [0.2, 0.25) is 0 Å². The topological polar surface area (TPSA) is 404 Å². The number of aliphatic hydroxyl groups excluding tert-OH is 13. The smallest absolute Gasteiger partial charge is 0.217 e. The van der Waals surface area contributed by atoms with Gasteiger partial charge in [-0.05, 0) is 13.8 Å². The maximum Gasteiger partial charge on any atom is 0.217 e. The van der Waals surface area contributed by atoms with Crippen molar-refractivity contribution in [3.8, 4) is 0 Å². The molecule has 5 fully saturated rings. The van der Waals surface area contributed by atoms with Crippen molar-refractivity contribution < 1.29 is 119 Å². The highest BCUT2D eigenvalue weighted by atomic mass is 16.8. The van der Waals surface area contributed by atoms with Crippen LogP contribution in [0.15, 0.2) is 0 Å². The van der Waals surface area contributed by atoms with Crippen molar-refractivity contribution in [3.63, 3.8) is 0 Å². The zero-order chi connectivity index (χ0) is 44.5. The van der Waals surface area contributed by atoms with Crippen LogP contribution in [-0.2, 0) is 52.2 Å². The highest BCUT2D eigenvalue weighted by Gasteiger charge is 2.57. The second-order valence-corrected chi connectivity index (χ2v) is 15.4. The fourth-order valence-electron chi connectivity index (χ4n) is 7.60. The lowest BCUT2D eigenvalue weighted by atomic mass is 9.94. The minimum Gasteiger partial charge on any atom is -0.394 e. The molecule has 5 rings (SSSR count). The molecule has 5 aliphatic rings. The van der Waals surface area contributed by atoms with E-state index in [9.17, 15) is 76.0 Å². The van der Waals surface area contributed by atoms with Crippen molar-refractivity contribution in [1.82, 2.24) is 10.6 Å². The predicted molar refractivity (Wildman–Crippen MR) is 187 cm³/mol. The Hall–Kier alpha value is -1.94. The molecule has 0 radical (unpaired) electrons. The molecule has 0 spiro atoms. The molecule has 26 heteroatoms. The first kappa shape index (κ1) is 49.1. The number of hydrogen-bond acceptors (Lipinski definition) is 24. The summed E-state index contributed by atoms with van der Waals surface area (Å²) < 4.78 is 52.5. The predicted octanol–water partition coefficient (Wildman–Crippen LogP) is -9.58. The quantitative estimate of drug-likeness (QED) is 0.0817. The molecular formula is C34H58N2O24. The third-order valence-corrected chi connectivity index (χ3v) is 11.0. The summed E-state index contributed by atoms with van der Waals surface area (Å²) in [6, 6.07) is -3.05. The molecular weight excluding hydrogens is 820 g/mol. The summed E-state index contributed by atoms with van der Waals surface area (Å²) in [7, 11) is 0. The van der Waals surface area contributed by atoms with Gasteiger partial charge in [-0.25, -0.2) is 0 Å². The van der Waals surface area contributed by atoms with Gasteiger partial charge < -0.3 is 120 Å². The van der Waals surface area contributed by atoms with Crippen molar-refractivity contribution >= 4 is 11.8 Å². The van der Waals surface area contributed by atoms with Gasteiger partial charge in [0.25, 0.3) is 0 Å². The number of amides is 2. The van der Waals surface area contributed by atoms with E-state index in [2.05, 4.69) is 10.6 Å². The average molecular weight is 879 g/mol. The second-order valence-electron chi connectivity index (χ2n) is 15.4. The van der Waals surface area contributed by atoms with E-state index >= 15 is 0 Å². The van der Waals surface area contributed by atoms with Crippen molar-refractivity contribution in [3.05, 3.63) is 0 Å². The number of carbonyl (C=O) groups excluding carboxylic acids is 2. The molecule has 15 unspecified atom stereocenters. The van der Waals surface area contributed by atoms with Gasteiger partial charge in [-0.1, -0.05) is 0 Å². The highest BCUT2D eigenvalue weighted by molar-refractivity contribution is 5.73. The van der Waals surface area contributed by atoms with E-state index in [1.807, 2.05) is 0 Å². The van der Waals surface area contributed by atoms with E-state index < -0.39 is 185 Å². The summed E-state index contributed by atoms with van der Waals surface area (Å²) in [4.78, 5) is 24.4. The maximum absolute atomic E-state index is 12.8. The summed E-state index contributed by atoms with van der Waals surface area (Å²) in [5, 5.41) is 143. The molecule has 0 aromatic rings. The van der Waals surface area contributed by atoms with Crippen LogP contribution < -0.4 is 10.6 Å². The number of hydrogen-bond donors (Lipinski definition) is 15. The minimum absolute atomic E-state index is 0.652. The summed E-state index contributed by atoms with van der Waals surface area (Å²) in [6.07, 6.45) is -39.7. The van der Waals surface area contributed by atoms with Crippen LogP contribution in [0, 0.1) is 0 Å². The largest absolute Gasteiger partial charge is 0.394 e. The first-order valence-electron chi connectivity index (χ1n) is 19.3. The summed E-state index contributed by atoms with van der Waals surface area (Å²) in [5.74, 6) is -1.42. The maximum atomic E-state index is 12.8. The molecule has 26 nitrogen and oxygen atoms in total. The Morgan fingerprint density at radius 2 is 0.933 bits per heavy atom. The Kier molecular flexibility index (Phi) is 16.9. The van der Waals surface area contributed by atoms with Crippen LogP contribution >= 0.6 is 0 Å². The lowest BCUT2D eigenvalue weighted by Crippen LogP contribution is -2.70. The van der Waals surface area contributed by atoms with Crippen LogP contribution in [0.5, 0.6) is 0 Å². The minimum atomic E-state index is -2.01. The van der Waals surface area contributed by atoms with Gasteiger partial charge in [-0.3, -0.25) is 9.59 Å². The van der Waals surface area contributed by atoms with Gasteiger partial charge in [0.15, 0.2) is 31.5 Å². The van der Waals surface area contributed by atoms with Crippen LogP contribution in [0.25, 0.3) is 0 Å². The van der Waals surface area contributed by atoms with Gasteiger partial charge in [-0.2, -0.15) is 0 Å². The van der Waals surface area contributed by atoms with Gasteiger partial charge in [0.1, 0.15) is 110 Å². The van der Waals surface area contributed by atoms with Crippen molar-refractivity contribution in [2.45, 2.75) is 181 Å². The fraction of sp³-hybridized carbons (Fsp3) is 0.941. The SMILES string of the molecule is CC(=O)NC1[C@@H](OCC2O[C@H](O)C(NC(C)=O)[C@@H](O)C2O)OC(CO)C(O[C@@H]2OC(CO)C(O)[C@H](O)C2OC2OC(C)[C@@H](O)C(O)[C@@H]2O)[C@@H]1O[C@@H]1OC(C)C(O)[C@@H](O)C1O. The zero-order valence-corrected chi connectivity index (χ0v) is 32.9. The number of rotatable bonds is 13. The van der Waals surface area contributed by atoms with Crippen molar-refractivity contribution in [1.29, 1.82) is 0 Å². The normalized spacial score (nSPS) is 50.2. The third kappa shape index (κ3) is 10.5. The van der Waals surface area contributed by atoms with Crippen LogP contribution in [0.1, 0.15) is 27.7 Å². The van der Waals surface area contributed by atoms with E-state index in [0.29, 0.717) is 0 Å². The van der Waals surface area contributed by atoms with E-state index in [1.165, 1.54) is 13.8 Å². The van der Waals surface area contributed by atoms with Crippen LogP contribution in [0.3, 0.4) is 0 Å². The van der Waals surface area contributed by atoms with Gasteiger partial charge in [0, 0.05) is 13.8 Å². The lowest BCUT2D eigenvalue weighted by Gasteiger charge is -2.51. The molecule has 60 heavy (non-hydrogen) atoms.